The molecule has 2 fully saturated rings. The Balaban J connectivity index is 1.63. The molecule has 1 atom stereocenters. The minimum atomic E-state index is 0.0940. The fourth-order valence-electron chi connectivity index (χ4n) is 3.30. The van der Waals surface area contributed by atoms with Crippen LogP contribution in [-0.4, -0.2) is 37.7 Å². The van der Waals surface area contributed by atoms with E-state index in [2.05, 4.69) is 29.6 Å². The molecule has 3 rings (SSSR count). The zero-order valence-corrected chi connectivity index (χ0v) is 13.6. The molecule has 116 valence electrons. The molecule has 1 aromatic carbocycles. The number of hydrogen-bond acceptors (Lipinski definition) is 4. The highest BCUT2D eigenvalue weighted by Crippen LogP contribution is 2.40. The SMILES string of the molecule is CNCc1cccc(SC2CCOC3(CCOCC3)C2)c1. The van der Waals surface area contributed by atoms with Gasteiger partial charge in [0, 0.05) is 36.5 Å². The van der Waals surface area contributed by atoms with Crippen LogP contribution >= 0.6 is 11.8 Å². The van der Waals surface area contributed by atoms with Gasteiger partial charge in [-0.2, -0.15) is 0 Å². The number of thioether (sulfide) groups is 1. The third-order valence-electron chi connectivity index (χ3n) is 4.43. The van der Waals surface area contributed by atoms with E-state index in [-0.39, 0.29) is 5.60 Å². The molecule has 2 heterocycles. The Kier molecular flexibility index (Phi) is 5.22. The number of nitrogens with one attached hydrogen (secondary N) is 1. The molecule has 1 aromatic rings. The summed E-state index contributed by atoms with van der Waals surface area (Å²) >= 11 is 2.02. The van der Waals surface area contributed by atoms with Gasteiger partial charge in [-0.15, -0.1) is 11.8 Å². The predicted molar refractivity (Wildman–Crippen MR) is 86.8 cm³/mol. The maximum atomic E-state index is 6.13. The predicted octanol–water partition coefficient (Wildman–Crippen LogP) is 3.23. The van der Waals surface area contributed by atoms with Crippen LogP contribution in [0.4, 0.5) is 0 Å². The zero-order valence-electron chi connectivity index (χ0n) is 12.8. The van der Waals surface area contributed by atoms with Crippen molar-refractivity contribution < 1.29 is 9.47 Å². The van der Waals surface area contributed by atoms with Crippen molar-refractivity contribution in [2.24, 2.45) is 0 Å². The molecule has 4 heteroatoms. The Morgan fingerprint density at radius 1 is 1.29 bits per heavy atom. The van der Waals surface area contributed by atoms with Crippen LogP contribution in [0, 0.1) is 0 Å². The molecule has 1 spiro atoms. The molecule has 0 saturated carbocycles. The molecule has 1 unspecified atom stereocenters. The number of benzene rings is 1. The number of ether oxygens (including phenoxy) is 2. The normalized spacial score (nSPS) is 25.1. The monoisotopic (exact) mass is 307 g/mol. The summed E-state index contributed by atoms with van der Waals surface area (Å²) in [5.74, 6) is 0. The zero-order chi connectivity index (χ0) is 14.5. The molecular formula is C17H25NO2S. The molecule has 1 N–H and O–H groups in total. The molecule has 2 saturated heterocycles. The second kappa shape index (κ2) is 7.14. The van der Waals surface area contributed by atoms with E-state index in [4.69, 9.17) is 9.47 Å². The highest BCUT2D eigenvalue weighted by Gasteiger charge is 2.39. The molecule has 0 radical (unpaired) electrons. The van der Waals surface area contributed by atoms with Gasteiger partial charge in [-0.05, 0) is 50.4 Å². The van der Waals surface area contributed by atoms with Crippen LogP contribution in [0.2, 0.25) is 0 Å². The first kappa shape index (κ1) is 15.3. The van der Waals surface area contributed by atoms with E-state index in [0.717, 1.165) is 52.0 Å². The lowest BCUT2D eigenvalue weighted by Gasteiger charge is -2.43. The van der Waals surface area contributed by atoms with Gasteiger partial charge < -0.3 is 14.8 Å². The van der Waals surface area contributed by atoms with Crippen LogP contribution in [-0.2, 0) is 16.0 Å². The molecule has 0 aromatic heterocycles. The van der Waals surface area contributed by atoms with Crippen LogP contribution in [0.1, 0.15) is 31.2 Å². The van der Waals surface area contributed by atoms with Crippen LogP contribution in [0.15, 0.2) is 29.2 Å². The standard InChI is InChI=1S/C17H25NO2S/c1-18-13-14-3-2-4-15(11-14)21-16-5-8-20-17(12-16)6-9-19-10-7-17/h2-4,11,16,18H,5-10,12-13H2,1H3. The summed E-state index contributed by atoms with van der Waals surface area (Å²) in [5, 5.41) is 3.89. The van der Waals surface area contributed by atoms with Gasteiger partial charge in [-0.1, -0.05) is 12.1 Å². The van der Waals surface area contributed by atoms with Gasteiger partial charge in [-0.25, -0.2) is 0 Å². The van der Waals surface area contributed by atoms with Crippen molar-refractivity contribution in [1.82, 2.24) is 5.32 Å². The Morgan fingerprint density at radius 2 is 2.14 bits per heavy atom. The molecular weight excluding hydrogens is 282 g/mol. The number of hydrogen-bond donors (Lipinski definition) is 1. The smallest absolute Gasteiger partial charge is 0.0737 e. The first-order chi connectivity index (χ1) is 10.3. The van der Waals surface area contributed by atoms with Gasteiger partial charge >= 0.3 is 0 Å². The Morgan fingerprint density at radius 3 is 2.95 bits per heavy atom. The van der Waals surface area contributed by atoms with Gasteiger partial charge in [0.15, 0.2) is 0 Å². The summed E-state index contributed by atoms with van der Waals surface area (Å²) in [7, 11) is 1.99. The Hall–Kier alpha value is -0.550. The molecule has 0 bridgehead atoms. The van der Waals surface area contributed by atoms with Crippen LogP contribution in [0.3, 0.4) is 0 Å². The Bertz CT molecular complexity index is 454. The summed E-state index contributed by atoms with van der Waals surface area (Å²) in [6.45, 7) is 3.54. The Labute approximate surface area is 131 Å². The summed E-state index contributed by atoms with van der Waals surface area (Å²) < 4.78 is 11.6. The molecule has 21 heavy (non-hydrogen) atoms. The molecule has 3 nitrogen and oxygen atoms in total. The quantitative estimate of drug-likeness (QED) is 0.925. The summed E-state index contributed by atoms with van der Waals surface area (Å²) in [6.07, 6.45) is 4.44. The van der Waals surface area contributed by atoms with E-state index >= 15 is 0 Å². The average molecular weight is 307 g/mol. The van der Waals surface area contributed by atoms with E-state index in [1.54, 1.807) is 0 Å². The topological polar surface area (TPSA) is 30.5 Å². The van der Waals surface area contributed by atoms with Crippen molar-refractivity contribution in [2.75, 3.05) is 26.9 Å². The van der Waals surface area contributed by atoms with Crippen molar-refractivity contribution in [3.8, 4) is 0 Å². The largest absolute Gasteiger partial charge is 0.381 e. The minimum Gasteiger partial charge on any atom is -0.381 e. The van der Waals surface area contributed by atoms with Crippen LogP contribution in [0.25, 0.3) is 0 Å². The first-order valence-electron chi connectivity index (χ1n) is 7.92. The van der Waals surface area contributed by atoms with Gasteiger partial charge in [0.1, 0.15) is 0 Å². The van der Waals surface area contributed by atoms with E-state index in [1.807, 2.05) is 18.8 Å². The maximum Gasteiger partial charge on any atom is 0.0737 e. The average Bonchev–Trinajstić information content (AvgIpc) is 2.49. The fourth-order valence-corrected chi connectivity index (χ4v) is 4.66. The van der Waals surface area contributed by atoms with Crippen molar-refractivity contribution in [2.45, 2.75) is 48.0 Å². The lowest BCUT2D eigenvalue weighted by Crippen LogP contribution is -2.45. The lowest BCUT2D eigenvalue weighted by atomic mass is 9.86. The molecule has 2 aliphatic rings. The minimum absolute atomic E-state index is 0.0940. The van der Waals surface area contributed by atoms with E-state index in [0.29, 0.717) is 5.25 Å². The second-order valence-electron chi connectivity index (χ2n) is 6.05. The number of rotatable bonds is 4. The summed E-state index contributed by atoms with van der Waals surface area (Å²) in [6, 6.07) is 8.90. The van der Waals surface area contributed by atoms with Crippen molar-refractivity contribution in [3.05, 3.63) is 29.8 Å². The van der Waals surface area contributed by atoms with E-state index in [9.17, 15) is 0 Å². The lowest BCUT2D eigenvalue weighted by molar-refractivity contribution is -0.131. The summed E-state index contributed by atoms with van der Waals surface area (Å²) in [4.78, 5) is 1.39. The third kappa shape index (κ3) is 4.01. The third-order valence-corrected chi connectivity index (χ3v) is 5.70. The molecule has 0 amide bonds. The van der Waals surface area contributed by atoms with E-state index < -0.39 is 0 Å². The van der Waals surface area contributed by atoms with Crippen LogP contribution in [0.5, 0.6) is 0 Å². The molecule has 2 aliphatic heterocycles. The summed E-state index contributed by atoms with van der Waals surface area (Å²) in [5.41, 5.74) is 1.45. The van der Waals surface area contributed by atoms with Gasteiger partial charge in [-0.3, -0.25) is 0 Å². The van der Waals surface area contributed by atoms with Crippen LogP contribution < -0.4 is 5.32 Å². The van der Waals surface area contributed by atoms with Crippen molar-refractivity contribution >= 4 is 11.8 Å². The highest BCUT2D eigenvalue weighted by atomic mass is 32.2. The van der Waals surface area contributed by atoms with Gasteiger partial charge in [0.05, 0.1) is 5.60 Å². The fraction of sp³-hybridized carbons (Fsp3) is 0.647. The van der Waals surface area contributed by atoms with Gasteiger partial charge in [0.2, 0.25) is 0 Å². The van der Waals surface area contributed by atoms with Gasteiger partial charge in [0.25, 0.3) is 0 Å². The van der Waals surface area contributed by atoms with Crippen molar-refractivity contribution in [1.29, 1.82) is 0 Å². The molecule has 0 aliphatic carbocycles. The highest BCUT2D eigenvalue weighted by molar-refractivity contribution is 8.00. The maximum absolute atomic E-state index is 6.13. The second-order valence-corrected chi connectivity index (χ2v) is 7.43. The first-order valence-corrected chi connectivity index (χ1v) is 8.80. The van der Waals surface area contributed by atoms with E-state index in [1.165, 1.54) is 10.5 Å². The van der Waals surface area contributed by atoms with Crippen molar-refractivity contribution in [3.63, 3.8) is 0 Å².